The maximum absolute atomic E-state index is 12.3. The Morgan fingerprint density at radius 2 is 1.23 bits per heavy atom. The molecule has 0 aliphatic carbocycles. The number of halogens is 6. The van der Waals surface area contributed by atoms with E-state index in [0.717, 1.165) is 24.3 Å². The molecule has 0 spiro atoms. The molecule has 1 heterocycles. The third kappa shape index (κ3) is 7.98. The lowest BCUT2D eigenvalue weighted by Gasteiger charge is -2.15. The van der Waals surface area contributed by atoms with Crippen molar-refractivity contribution in [1.82, 2.24) is 0 Å². The molecule has 0 bridgehead atoms. The summed E-state index contributed by atoms with van der Waals surface area (Å²) in [7, 11) is 0. The number of hydrogen-bond donors (Lipinski definition) is 1. The monoisotopic (exact) mass is 508 g/mol. The molecule has 1 atom stereocenters. The molecule has 0 aromatic heterocycles. The summed E-state index contributed by atoms with van der Waals surface area (Å²) in [6, 6.07) is 9.59. The summed E-state index contributed by atoms with van der Waals surface area (Å²) in [5.41, 5.74) is 0.846. The van der Waals surface area contributed by atoms with Gasteiger partial charge in [0.2, 0.25) is 5.76 Å². The van der Waals surface area contributed by atoms with E-state index >= 15 is 0 Å². The highest BCUT2D eigenvalue weighted by atomic mass is 19.4. The van der Waals surface area contributed by atoms with Gasteiger partial charge in [0.25, 0.3) is 0 Å². The van der Waals surface area contributed by atoms with Gasteiger partial charge in [-0.05, 0) is 35.4 Å². The average Bonchev–Trinajstić information content (AvgIpc) is 3.05. The first kappa shape index (κ1) is 26.0. The van der Waals surface area contributed by atoms with Crippen LogP contribution in [0.1, 0.15) is 17.5 Å². The zero-order chi connectivity index (χ0) is 25.6. The summed E-state index contributed by atoms with van der Waals surface area (Å²) in [6.07, 6.45) is -10.6. The van der Waals surface area contributed by atoms with Crippen LogP contribution >= 0.6 is 0 Å². The second kappa shape index (κ2) is 10.8. The number of cyclic esters (lactones) is 1. The molecule has 1 aliphatic rings. The van der Waals surface area contributed by atoms with Gasteiger partial charge in [-0.3, -0.25) is 0 Å². The predicted octanol–water partition coefficient (Wildman–Crippen LogP) is 4.74. The largest absolute Gasteiger partial charge is 0.573 e. The Labute approximate surface area is 194 Å². The first-order valence-corrected chi connectivity index (χ1v) is 9.94. The highest BCUT2D eigenvalue weighted by Gasteiger charge is 2.37. The molecule has 0 saturated carbocycles. The number of benzene rings is 2. The Balaban J connectivity index is 1.68. The van der Waals surface area contributed by atoms with Crippen molar-refractivity contribution in [3.63, 3.8) is 0 Å². The van der Waals surface area contributed by atoms with Gasteiger partial charge in [0, 0.05) is 13.0 Å². The van der Waals surface area contributed by atoms with Gasteiger partial charge >= 0.3 is 18.7 Å². The minimum atomic E-state index is -4.84. The number of esters is 1. The van der Waals surface area contributed by atoms with E-state index in [9.17, 15) is 36.2 Å². The fraction of sp³-hybridized carbons (Fsp3) is 0.318. The van der Waals surface area contributed by atoms with Crippen LogP contribution in [0.3, 0.4) is 0 Å². The van der Waals surface area contributed by atoms with Crippen molar-refractivity contribution < 1.29 is 59.9 Å². The Morgan fingerprint density at radius 1 is 0.771 bits per heavy atom. The van der Waals surface area contributed by atoms with Crippen molar-refractivity contribution in [2.75, 3.05) is 6.61 Å². The predicted molar refractivity (Wildman–Crippen MR) is 104 cm³/mol. The van der Waals surface area contributed by atoms with Gasteiger partial charge in [0.05, 0.1) is 0 Å². The van der Waals surface area contributed by atoms with Crippen LogP contribution < -0.4 is 9.47 Å². The molecule has 0 saturated heterocycles. The van der Waals surface area contributed by atoms with E-state index in [1.807, 2.05) is 0 Å². The molecule has 2 aromatic rings. The molecule has 2 aromatic carbocycles. The summed E-state index contributed by atoms with van der Waals surface area (Å²) in [5.74, 6) is -2.05. The average molecular weight is 508 g/mol. The number of rotatable bonds is 10. The standard InChI is InChI=1S/C22H18F6O7/c23-21(24,25)34-15-5-1-13(2-6-15)11-31-18-17(9-10-29)33-20(30)19(18)32-12-14-3-7-16(8-4-14)35-22(26,27)28/h1-8,17,29H,9-12H2. The van der Waals surface area contributed by atoms with E-state index in [4.69, 9.17) is 14.2 Å². The van der Waals surface area contributed by atoms with Crippen LogP contribution in [0.5, 0.6) is 11.5 Å². The number of hydrogen-bond acceptors (Lipinski definition) is 7. The van der Waals surface area contributed by atoms with Crippen LogP contribution in [0.25, 0.3) is 0 Å². The third-order valence-electron chi connectivity index (χ3n) is 4.43. The van der Waals surface area contributed by atoms with Crippen molar-refractivity contribution in [2.45, 2.75) is 38.5 Å². The summed E-state index contributed by atoms with van der Waals surface area (Å²) in [6.45, 7) is -0.738. The molecule has 13 heteroatoms. The molecule has 1 aliphatic heterocycles. The molecule has 0 radical (unpaired) electrons. The van der Waals surface area contributed by atoms with E-state index in [2.05, 4.69) is 9.47 Å². The molecule has 1 unspecified atom stereocenters. The zero-order valence-corrected chi connectivity index (χ0v) is 17.7. The summed E-state index contributed by atoms with van der Waals surface area (Å²) >= 11 is 0. The van der Waals surface area contributed by atoms with Gasteiger partial charge in [-0.25, -0.2) is 4.79 Å². The van der Waals surface area contributed by atoms with Crippen molar-refractivity contribution >= 4 is 5.97 Å². The second-order valence-corrected chi connectivity index (χ2v) is 7.06. The SMILES string of the molecule is O=C1OC(CCO)C(OCc2ccc(OC(F)(F)F)cc2)=C1OCc1ccc(OC(F)(F)F)cc1. The van der Waals surface area contributed by atoms with Crippen molar-refractivity contribution in [1.29, 1.82) is 0 Å². The number of alkyl halides is 6. The minimum Gasteiger partial charge on any atom is -0.485 e. The third-order valence-corrected chi connectivity index (χ3v) is 4.43. The first-order chi connectivity index (χ1) is 16.4. The lowest BCUT2D eigenvalue weighted by Crippen LogP contribution is -2.17. The number of aliphatic hydroxyl groups excluding tert-OH is 1. The maximum Gasteiger partial charge on any atom is 0.573 e. The fourth-order valence-electron chi connectivity index (χ4n) is 2.97. The van der Waals surface area contributed by atoms with Crippen LogP contribution in [0, 0.1) is 0 Å². The molecule has 7 nitrogen and oxygen atoms in total. The second-order valence-electron chi connectivity index (χ2n) is 7.06. The van der Waals surface area contributed by atoms with Crippen LogP contribution in [0.4, 0.5) is 26.3 Å². The summed E-state index contributed by atoms with van der Waals surface area (Å²) < 4.78 is 97.5. The number of ether oxygens (including phenoxy) is 5. The minimum absolute atomic E-state index is 0.00419. The first-order valence-electron chi connectivity index (χ1n) is 9.94. The molecular weight excluding hydrogens is 490 g/mol. The van der Waals surface area contributed by atoms with Gasteiger partial charge in [0.1, 0.15) is 24.7 Å². The molecule has 190 valence electrons. The van der Waals surface area contributed by atoms with Gasteiger partial charge in [-0.1, -0.05) is 24.3 Å². The normalized spacial score (nSPS) is 16.2. The van der Waals surface area contributed by atoms with Crippen molar-refractivity contribution in [3.05, 3.63) is 71.2 Å². The maximum atomic E-state index is 12.3. The summed E-state index contributed by atoms with van der Waals surface area (Å²) in [5, 5.41) is 9.23. The van der Waals surface area contributed by atoms with Crippen LogP contribution in [-0.4, -0.2) is 36.5 Å². The molecule has 1 N–H and O–H groups in total. The Bertz CT molecular complexity index is 1030. The van der Waals surface area contributed by atoms with E-state index < -0.39 is 36.3 Å². The molecule has 0 amide bonds. The quantitative estimate of drug-likeness (QED) is 0.367. The summed E-state index contributed by atoms with van der Waals surface area (Å²) in [4.78, 5) is 12.3. The van der Waals surface area contributed by atoms with E-state index in [1.165, 1.54) is 24.3 Å². The van der Waals surface area contributed by atoms with Crippen molar-refractivity contribution in [2.24, 2.45) is 0 Å². The lowest BCUT2D eigenvalue weighted by molar-refractivity contribution is -0.275. The molecule has 35 heavy (non-hydrogen) atoms. The van der Waals surface area contributed by atoms with Gasteiger partial charge in [0.15, 0.2) is 11.9 Å². The topological polar surface area (TPSA) is 83.5 Å². The van der Waals surface area contributed by atoms with E-state index in [-0.39, 0.29) is 37.8 Å². The van der Waals surface area contributed by atoms with Crippen LogP contribution in [-0.2, 0) is 32.2 Å². The zero-order valence-electron chi connectivity index (χ0n) is 17.7. The molecule has 0 fully saturated rings. The van der Waals surface area contributed by atoms with Gasteiger partial charge in [-0.15, -0.1) is 26.3 Å². The lowest BCUT2D eigenvalue weighted by atomic mass is 10.2. The number of carbonyl (C=O) groups excluding carboxylic acids is 1. The Kier molecular flexibility index (Phi) is 7.99. The Morgan fingerprint density at radius 3 is 1.66 bits per heavy atom. The number of aliphatic hydroxyl groups is 1. The Hall–Kier alpha value is -3.61. The number of carbonyl (C=O) groups is 1. The fourth-order valence-corrected chi connectivity index (χ4v) is 2.97. The van der Waals surface area contributed by atoms with Crippen LogP contribution in [0.2, 0.25) is 0 Å². The smallest absolute Gasteiger partial charge is 0.485 e. The van der Waals surface area contributed by atoms with Crippen LogP contribution in [0.15, 0.2) is 60.0 Å². The van der Waals surface area contributed by atoms with E-state index in [1.54, 1.807) is 0 Å². The highest BCUT2D eigenvalue weighted by Crippen LogP contribution is 2.30. The van der Waals surface area contributed by atoms with Crippen molar-refractivity contribution in [3.8, 4) is 11.5 Å². The highest BCUT2D eigenvalue weighted by molar-refractivity contribution is 5.89. The molecular formula is C22H18F6O7. The molecule has 3 rings (SSSR count). The van der Waals surface area contributed by atoms with Gasteiger partial charge in [-0.2, -0.15) is 0 Å². The van der Waals surface area contributed by atoms with E-state index in [0.29, 0.717) is 11.1 Å². The van der Waals surface area contributed by atoms with Gasteiger partial charge < -0.3 is 28.8 Å².